The molecule has 0 aliphatic carbocycles. The number of ether oxygens (including phenoxy) is 2. The lowest BCUT2D eigenvalue weighted by atomic mass is 10.2. The van der Waals surface area contributed by atoms with E-state index in [2.05, 4.69) is 27.9 Å². The molecule has 0 amide bonds. The summed E-state index contributed by atoms with van der Waals surface area (Å²) in [4.78, 5) is 29.9. The van der Waals surface area contributed by atoms with E-state index in [0.717, 1.165) is 14.9 Å². The van der Waals surface area contributed by atoms with E-state index in [1.54, 1.807) is 31.4 Å². The molecule has 0 spiro atoms. The Morgan fingerprint density at radius 2 is 1.75 bits per heavy atom. The molecular formula is C24H20IN3O4. The summed E-state index contributed by atoms with van der Waals surface area (Å²) in [5.41, 5.74) is 2.41. The lowest BCUT2D eigenvalue weighted by Crippen LogP contribution is -2.24. The number of carbonyl (C=O) groups excluding carboxylic acids is 1. The van der Waals surface area contributed by atoms with Crippen molar-refractivity contribution < 1.29 is 14.3 Å². The summed E-state index contributed by atoms with van der Waals surface area (Å²) in [5.74, 6) is 0.744. The van der Waals surface area contributed by atoms with Gasteiger partial charge >= 0.3 is 5.97 Å². The summed E-state index contributed by atoms with van der Waals surface area (Å²) in [6, 6.07) is 19.9. The lowest BCUT2D eigenvalue weighted by molar-refractivity contribution is 0.0600. The minimum Gasteiger partial charge on any atom is -0.497 e. The van der Waals surface area contributed by atoms with Crippen molar-refractivity contribution in [2.24, 2.45) is 0 Å². The van der Waals surface area contributed by atoms with Crippen molar-refractivity contribution in [1.29, 1.82) is 0 Å². The zero-order valence-corrected chi connectivity index (χ0v) is 19.6. The molecule has 0 bridgehead atoms. The Hall–Kier alpha value is -3.40. The fourth-order valence-corrected chi connectivity index (χ4v) is 3.80. The molecule has 162 valence electrons. The zero-order valence-electron chi connectivity index (χ0n) is 17.5. The summed E-state index contributed by atoms with van der Waals surface area (Å²) in [6.07, 6.45) is 0. The topological polar surface area (TPSA) is 82.4 Å². The molecule has 0 fully saturated rings. The first-order valence-corrected chi connectivity index (χ1v) is 10.9. The number of nitrogens with one attached hydrogen (secondary N) is 1. The molecule has 0 saturated heterocycles. The van der Waals surface area contributed by atoms with Gasteiger partial charge in [0.1, 0.15) is 5.75 Å². The highest BCUT2D eigenvalue weighted by molar-refractivity contribution is 14.1. The van der Waals surface area contributed by atoms with E-state index in [0.29, 0.717) is 34.6 Å². The predicted molar refractivity (Wildman–Crippen MR) is 132 cm³/mol. The quantitative estimate of drug-likeness (QED) is 0.288. The van der Waals surface area contributed by atoms with Gasteiger partial charge in [-0.3, -0.25) is 4.79 Å². The van der Waals surface area contributed by atoms with Crippen molar-refractivity contribution in [3.63, 3.8) is 0 Å². The van der Waals surface area contributed by atoms with E-state index < -0.39 is 5.97 Å². The number of hydrogen-bond donors (Lipinski definition) is 1. The molecule has 1 N–H and O–H groups in total. The Labute approximate surface area is 198 Å². The van der Waals surface area contributed by atoms with E-state index >= 15 is 0 Å². The summed E-state index contributed by atoms with van der Waals surface area (Å²) in [6.45, 7) is 0.465. The Bertz CT molecular complexity index is 1330. The van der Waals surface area contributed by atoms with Crippen molar-refractivity contribution in [2.45, 2.75) is 6.54 Å². The molecule has 0 aliphatic heterocycles. The molecule has 3 aromatic carbocycles. The molecular weight excluding hydrogens is 521 g/mol. The number of carbonyl (C=O) groups is 1. The fraction of sp³-hybridized carbons (Fsp3) is 0.125. The van der Waals surface area contributed by atoms with Gasteiger partial charge in [-0.05, 0) is 82.8 Å². The van der Waals surface area contributed by atoms with Gasteiger partial charge in [0.05, 0.1) is 36.4 Å². The molecule has 0 atom stereocenters. The van der Waals surface area contributed by atoms with Crippen LogP contribution in [-0.4, -0.2) is 29.7 Å². The van der Waals surface area contributed by atoms with Crippen LogP contribution in [0.4, 0.5) is 5.95 Å². The molecule has 32 heavy (non-hydrogen) atoms. The smallest absolute Gasteiger partial charge is 0.337 e. The number of benzene rings is 3. The van der Waals surface area contributed by atoms with Crippen LogP contribution in [0.25, 0.3) is 16.6 Å². The zero-order chi connectivity index (χ0) is 22.7. The number of methoxy groups -OCH3 is 2. The summed E-state index contributed by atoms with van der Waals surface area (Å²) < 4.78 is 12.4. The van der Waals surface area contributed by atoms with E-state index in [4.69, 9.17) is 14.5 Å². The number of aromatic nitrogens is 2. The van der Waals surface area contributed by atoms with E-state index in [-0.39, 0.29) is 5.56 Å². The van der Waals surface area contributed by atoms with Crippen LogP contribution in [0.1, 0.15) is 15.9 Å². The number of fused-ring (bicyclic) bond motifs is 1. The highest BCUT2D eigenvalue weighted by Crippen LogP contribution is 2.20. The Morgan fingerprint density at radius 1 is 1.03 bits per heavy atom. The molecule has 4 rings (SSSR count). The van der Waals surface area contributed by atoms with Crippen LogP contribution in [-0.2, 0) is 11.3 Å². The van der Waals surface area contributed by atoms with Gasteiger partial charge in [-0.15, -0.1) is 0 Å². The number of anilines is 1. The summed E-state index contributed by atoms with van der Waals surface area (Å²) >= 11 is 2.17. The highest BCUT2D eigenvalue weighted by Gasteiger charge is 2.14. The van der Waals surface area contributed by atoms with Crippen LogP contribution in [0, 0.1) is 3.57 Å². The average molecular weight is 541 g/mol. The maximum Gasteiger partial charge on any atom is 0.337 e. The third kappa shape index (κ3) is 4.45. The molecule has 0 unspecified atom stereocenters. The molecule has 0 radical (unpaired) electrons. The first-order chi connectivity index (χ1) is 15.5. The molecule has 1 heterocycles. The normalized spacial score (nSPS) is 10.7. The minimum absolute atomic E-state index is 0.198. The SMILES string of the molecule is COC(=O)c1ccc(-n2c(NCc3ccc(OC)cc3)nc3ccc(I)cc3c2=O)cc1. The number of halogens is 1. The second-order valence-electron chi connectivity index (χ2n) is 6.98. The third-order valence-corrected chi connectivity index (χ3v) is 5.66. The van der Waals surface area contributed by atoms with Crippen LogP contribution in [0.5, 0.6) is 5.75 Å². The summed E-state index contributed by atoms with van der Waals surface area (Å²) in [5, 5.41) is 3.80. The van der Waals surface area contributed by atoms with Crippen LogP contribution in [0.3, 0.4) is 0 Å². The molecule has 0 aliphatic rings. The van der Waals surface area contributed by atoms with Crippen molar-refractivity contribution in [3.05, 3.63) is 91.8 Å². The van der Waals surface area contributed by atoms with Crippen molar-refractivity contribution in [1.82, 2.24) is 9.55 Å². The second kappa shape index (κ2) is 9.39. The number of esters is 1. The molecule has 4 aromatic rings. The van der Waals surface area contributed by atoms with Crippen molar-refractivity contribution in [3.8, 4) is 11.4 Å². The van der Waals surface area contributed by atoms with Gasteiger partial charge in [-0.2, -0.15) is 0 Å². The third-order valence-electron chi connectivity index (χ3n) is 4.99. The standard InChI is InChI=1S/C24H20IN3O4/c1-31-19-10-3-15(4-11-19)14-26-24-27-21-12-7-17(25)13-20(21)22(29)28(24)18-8-5-16(6-9-18)23(30)32-2/h3-13H,14H2,1-2H3,(H,26,27). The maximum atomic E-state index is 13.4. The van der Waals surface area contributed by atoms with Gasteiger partial charge in [0.15, 0.2) is 0 Å². The monoisotopic (exact) mass is 541 g/mol. The summed E-state index contributed by atoms with van der Waals surface area (Å²) in [7, 11) is 2.95. The second-order valence-corrected chi connectivity index (χ2v) is 8.22. The van der Waals surface area contributed by atoms with E-state index in [1.807, 2.05) is 42.5 Å². The van der Waals surface area contributed by atoms with Gasteiger partial charge in [0.25, 0.3) is 5.56 Å². The van der Waals surface area contributed by atoms with E-state index in [1.165, 1.54) is 11.7 Å². The Kier molecular flexibility index (Phi) is 6.40. The Morgan fingerprint density at radius 3 is 2.41 bits per heavy atom. The lowest BCUT2D eigenvalue weighted by Gasteiger charge is -2.15. The van der Waals surface area contributed by atoms with Gasteiger partial charge in [-0.25, -0.2) is 14.3 Å². The van der Waals surface area contributed by atoms with Gasteiger partial charge in [0.2, 0.25) is 5.95 Å². The molecule has 8 heteroatoms. The fourth-order valence-electron chi connectivity index (χ4n) is 3.30. The minimum atomic E-state index is -0.437. The van der Waals surface area contributed by atoms with Crippen LogP contribution >= 0.6 is 22.6 Å². The highest BCUT2D eigenvalue weighted by atomic mass is 127. The average Bonchev–Trinajstić information content (AvgIpc) is 2.83. The van der Waals surface area contributed by atoms with Gasteiger partial charge in [-0.1, -0.05) is 12.1 Å². The largest absolute Gasteiger partial charge is 0.497 e. The van der Waals surface area contributed by atoms with Crippen LogP contribution in [0.15, 0.2) is 71.5 Å². The van der Waals surface area contributed by atoms with Crippen LogP contribution < -0.4 is 15.6 Å². The molecule has 0 saturated carbocycles. The maximum absolute atomic E-state index is 13.4. The number of hydrogen-bond acceptors (Lipinski definition) is 6. The first-order valence-electron chi connectivity index (χ1n) is 9.78. The molecule has 7 nitrogen and oxygen atoms in total. The number of nitrogens with zero attached hydrogens (tertiary/aromatic N) is 2. The van der Waals surface area contributed by atoms with Gasteiger partial charge in [0, 0.05) is 10.1 Å². The van der Waals surface area contributed by atoms with Crippen molar-refractivity contribution in [2.75, 3.05) is 19.5 Å². The first kappa shape index (κ1) is 21.8. The molecule has 1 aromatic heterocycles. The van der Waals surface area contributed by atoms with E-state index in [9.17, 15) is 9.59 Å². The number of rotatable bonds is 6. The predicted octanol–water partition coefficient (Wildman–Crippen LogP) is 4.40. The Balaban J connectivity index is 1.78. The van der Waals surface area contributed by atoms with Crippen LogP contribution in [0.2, 0.25) is 0 Å². The van der Waals surface area contributed by atoms with Crippen molar-refractivity contribution >= 4 is 45.4 Å². The van der Waals surface area contributed by atoms with Gasteiger partial charge < -0.3 is 14.8 Å².